The van der Waals surface area contributed by atoms with Gasteiger partial charge in [0.05, 0.1) is 23.1 Å². The minimum atomic E-state index is 0.0638. The first-order chi connectivity index (χ1) is 39.9. The minimum absolute atomic E-state index is 0.0638. The van der Waals surface area contributed by atoms with Gasteiger partial charge in [0.1, 0.15) is 22.4 Å². The van der Waals surface area contributed by atoms with Gasteiger partial charge in [-0.15, -0.1) is 45.3 Å². The van der Waals surface area contributed by atoms with E-state index in [0.717, 1.165) is 46.4 Å². The second-order valence-electron chi connectivity index (χ2n) is 23.9. The molecule has 0 N–H and O–H groups in total. The van der Waals surface area contributed by atoms with Crippen LogP contribution in [0.4, 0.5) is 11.4 Å². The Labute approximate surface area is 511 Å². The molecule has 8 aromatic rings. The van der Waals surface area contributed by atoms with E-state index in [9.17, 15) is 0 Å². The molecule has 0 radical (unpaired) electrons. The second-order valence-corrected chi connectivity index (χ2v) is 29.1. The Hall–Kier alpha value is -3.90. The van der Waals surface area contributed by atoms with E-state index in [1.807, 2.05) is 45.3 Å². The van der Waals surface area contributed by atoms with Gasteiger partial charge in [0.25, 0.3) is 0 Å². The largest absolute Gasteiger partial charge is 0.172 e. The number of nitrogens with zero attached hydrogens (tertiary/aromatic N) is 4. The average molecular weight is 1190 g/mol. The SMILES string of the molecule is CCCCCCC(CCCC)Cc1cc(-c2c3c(c(-c4cc(CC(CCCC)CCCCCC)c(-c5ccc(-c6ccc7c(c6)C(CCCCCC)(CCCCCC)c6ccccc6-7)s5)s4)c4nsnc24)N=S=N3)sc1-c1cccs1. The first kappa shape index (κ1) is 60.2. The molecule has 0 spiro atoms. The lowest BCUT2D eigenvalue weighted by Gasteiger charge is -2.33. The lowest BCUT2D eigenvalue weighted by molar-refractivity contribution is 0.401. The van der Waals surface area contributed by atoms with Crippen LogP contribution in [0.25, 0.3) is 73.0 Å². The van der Waals surface area contributed by atoms with E-state index < -0.39 is 0 Å². The van der Waals surface area contributed by atoms with Crippen molar-refractivity contribution < 1.29 is 0 Å². The third kappa shape index (κ3) is 13.8. The zero-order chi connectivity index (χ0) is 56.0. The number of hydrogen-bond donors (Lipinski definition) is 0. The molecule has 3 aromatic carbocycles. The van der Waals surface area contributed by atoms with Crippen molar-refractivity contribution in [2.75, 3.05) is 0 Å². The number of fused-ring (bicyclic) bond motifs is 5. The highest BCUT2D eigenvalue weighted by atomic mass is 32.1. The highest BCUT2D eigenvalue weighted by molar-refractivity contribution is 7.58. The zero-order valence-electron chi connectivity index (χ0n) is 49.8. The molecule has 0 bridgehead atoms. The first-order valence-corrected chi connectivity index (χ1v) is 36.8. The molecule has 10 heteroatoms. The van der Waals surface area contributed by atoms with Crippen LogP contribution < -0.4 is 0 Å². The van der Waals surface area contributed by atoms with Crippen molar-refractivity contribution in [3.05, 3.63) is 106 Å². The van der Waals surface area contributed by atoms with Gasteiger partial charge in [-0.3, -0.25) is 0 Å². The van der Waals surface area contributed by atoms with E-state index in [1.54, 1.807) is 11.1 Å². The van der Waals surface area contributed by atoms with Crippen molar-refractivity contribution >= 4 is 90.8 Å². The Morgan fingerprint density at radius 2 is 0.951 bits per heavy atom. The molecular weight excluding hydrogens is 1100 g/mol. The lowest BCUT2D eigenvalue weighted by atomic mass is 9.70. The molecule has 81 heavy (non-hydrogen) atoms. The van der Waals surface area contributed by atoms with E-state index in [-0.39, 0.29) is 5.41 Å². The van der Waals surface area contributed by atoms with Crippen LogP contribution in [0.5, 0.6) is 0 Å². The number of aromatic nitrogens is 2. The molecule has 0 saturated heterocycles. The predicted octanol–water partition coefficient (Wildman–Crippen LogP) is 25.8. The minimum Gasteiger partial charge on any atom is -0.172 e. The molecule has 1 aliphatic carbocycles. The van der Waals surface area contributed by atoms with Crippen molar-refractivity contribution in [2.45, 2.75) is 227 Å². The molecule has 4 nitrogen and oxygen atoms in total. The molecule has 0 amide bonds. The van der Waals surface area contributed by atoms with Gasteiger partial charge in [0.15, 0.2) is 0 Å². The predicted molar refractivity (Wildman–Crippen MR) is 362 cm³/mol. The highest BCUT2D eigenvalue weighted by Gasteiger charge is 2.42. The Morgan fingerprint density at radius 1 is 0.432 bits per heavy atom. The van der Waals surface area contributed by atoms with Gasteiger partial charge >= 0.3 is 0 Å². The maximum absolute atomic E-state index is 5.23. The second kappa shape index (κ2) is 29.8. The Bertz CT molecular complexity index is 3330. The number of unbranched alkanes of at least 4 members (excludes halogenated alkanes) is 14. The molecule has 2 aliphatic rings. The summed E-state index contributed by atoms with van der Waals surface area (Å²) in [6.45, 7) is 14.0. The van der Waals surface area contributed by atoms with Crippen LogP contribution >= 0.6 is 57.1 Å². The number of thiophene rings is 4. The summed E-state index contributed by atoms with van der Waals surface area (Å²) >= 11 is 10.4. The zero-order valence-corrected chi connectivity index (χ0v) is 54.7. The molecule has 0 fully saturated rings. The summed E-state index contributed by atoms with van der Waals surface area (Å²) < 4.78 is 20.9. The van der Waals surface area contributed by atoms with Gasteiger partial charge in [0, 0.05) is 50.7 Å². The summed E-state index contributed by atoms with van der Waals surface area (Å²) in [4.78, 5) is 9.42. The van der Waals surface area contributed by atoms with E-state index in [2.05, 4.69) is 126 Å². The van der Waals surface area contributed by atoms with E-state index >= 15 is 0 Å². The molecular formula is C71H90N4S6. The van der Waals surface area contributed by atoms with E-state index in [0.29, 0.717) is 11.8 Å². The molecule has 0 saturated carbocycles. The molecule has 2 unspecified atom stereocenters. The number of rotatable bonds is 35. The van der Waals surface area contributed by atoms with E-state index in [1.165, 1.54) is 252 Å². The van der Waals surface area contributed by atoms with Crippen LogP contribution in [-0.2, 0) is 29.6 Å². The fraction of sp³-hybridized carbons (Fsp3) is 0.521. The third-order valence-corrected chi connectivity index (χ3v) is 23.8. The third-order valence-electron chi connectivity index (χ3n) is 18.0. The Balaban J connectivity index is 1.05. The summed E-state index contributed by atoms with van der Waals surface area (Å²) in [6, 6.07) is 31.5. The van der Waals surface area contributed by atoms with Gasteiger partial charge in [-0.05, 0) is 118 Å². The molecule has 10 rings (SSSR count). The molecule has 5 aromatic heterocycles. The quantitative estimate of drug-likeness (QED) is 0.0372. The molecule has 1 aliphatic heterocycles. The number of hydrogen-bond acceptors (Lipinski definition) is 9. The maximum atomic E-state index is 5.23. The maximum Gasteiger partial charge on any atom is 0.116 e. The van der Waals surface area contributed by atoms with Crippen LogP contribution in [0.2, 0.25) is 0 Å². The Morgan fingerprint density at radius 3 is 1.51 bits per heavy atom. The topological polar surface area (TPSA) is 50.5 Å². The lowest BCUT2D eigenvalue weighted by Crippen LogP contribution is -2.25. The van der Waals surface area contributed by atoms with Crippen molar-refractivity contribution in [3.63, 3.8) is 0 Å². The summed E-state index contributed by atoms with van der Waals surface area (Å²) in [5.41, 5.74) is 16.6. The Kier molecular flexibility index (Phi) is 22.1. The average Bonchev–Trinajstić information content (AvgIpc) is 4.42. The van der Waals surface area contributed by atoms with Crippen LogP contribution in [0.15, 0.2) is 93.0 Å². The van der Waals surface area contributed by atoms with Crippen molar-refractivity contribution in [2.24, 2.45) is 20.6 Å². The van der Waals surface area contributed by atoms with Gasteiger partial charge in [-0.2, -0.15) is 17.5 Å². The van der Waals surface area contributed by atoms with Crippen molar-refractivity contribution in [1.29, 1.82) is 0 Å². The summed E-state index contributed by atoms with van der Waals surface area (Å²) in [6.07, 6.45) is 35.8. The van der Waals surface area contributed by atoms with Crippen molar-refractivity contribution in [1.82, 2.24) is 8.75 Å². The summed E-state index contributed by atoms with van der Waals surface area (Å²) in [7, 11) is 0. The van der Waals surface area contributed by atoms with Crippen LogP contribution in [0.1, 0.15) is 231 Å². The van der Waals surface area contributed by atoms with Gasteiger partial charge in [-0.1, -0.05) is 238 Å². The summed E-state index contributed by atoms with van der Waals surface area (Å²) in [5.74, 6) is 1.34. The van der Waals surface area contributed by atoms with Crippen LogP contribution in [-0.4, -0.2) is 8.75 Å². The normalized spacial score (nSPS) is 14.0. The van der Waals surface area contributed by atoms with Gasteiger partial charge < -0.3 is 0 Å². The van der Waals surface area contributed by atoms with Crippen LogP contribution in [0.3, 0.4) is 0 Å². The summed E-state index contributed by atoms with van der Waals surface area (Å²) in [5, 5.41) is 2.24. The van der Waals surface area contributed by atoms with Crippen molar-refractivity contribution in [3.8, 4) is 62.0 Å². The highest BCUT2D eigenvalue weighted by Crippen LogP contribution is 2.58. The standard InChI is InChI=1S/C71H90N4S6/c1-7-13-19-23-32-49(30-17-11-5)44-52-47-61(78-69(52)59-36-29-43-76-59)63-65-67(74-80-72-65)64(68-66(63)73-81-75-68)62-48-53(45-50(31-18-12-6)33-24-20-14-8-2)70(79-62)60-40-39-58(77-60)51-37-38-55-54-34-25-26-35-56(54)71(57(55)46-51,41-27-21-15-9-3)42-28-22-16-10-4/h25-26,29,34-40,43,46-50H,7-24,27-28,30-33,41-42,44-45H2,1-6H3. The smallest absolute Gasteiger partial charge is 0.116 e. The number of benzene rings is 3. The van der Waals surface area contributed by atoms with Gasteiger partial charge in [-0.25, -0.2) is 0 Å². The monoisotopic (exact) mass is 1190 g/mol. The first-order valence-electron chi connectivity index (χ1n) is 32.0. The molecule has 430 valence electrons. The fourth-order valence-corrected chi connectivity index (χ4v) is 19.2. The molecule has 2 atom stereocenters. The van der Waals surface area contributed by atoms with Gasteiger partial charge in [0.2, 0.25) is 0 Å². The molecule has 6 heterocycles. The fourth-order valence-electron chi connectivity index (χ4n) is 13.6. The van der Waals surface area contributed by atoms with Crippen LogP contribution in [0, 0.1) is 11.8 Å². The van der Waals surface area contributed by atoms with E-state index in [4.69, 9.17) is 17.5 Å².